The molecule has 0 bridgehead atoms. The first-order valence-corrected chi connectivity index (χ1v) is 7.80. The molecule has 106 valence electrons. The summed E-state index contributed by atoms with van der Waals surface area (Å²) in [7, 11) is 0. The highest BCUT2D eigenvalue weighted by Gasteiger charge is 2.17. The molecule has 20 heavy (non-hydrogen) atoms. The zero-order valence-electron chi connectivity index (χ0n) is 12.4. The third-order valence-electron chi connectivity index (χ3n) is 3.82. The topological polar surface area (TPSA) is 17.1 Å². The SMILES string of the molecule is CCCCCCC1=CCCC(=O)C1=Cc1ccccc1. The Morgan fingerprint density at radius 1 is 1.10 bits per heavy atom. The van der Waals surface area contributed by atoms with Gasteiger partial charge in [0.15, 0.2) is 5.78 Å². The minimum absolute atomic E-state index is 0.307. The van der Waals surface area contributed by atoms with Gasteiger partial charge in [-0.05, 0) is 36.5 Å². The summed E-state index contributed by atoms with van der Waals surface area (Å²) in [6.45, 7) is 2.23. The van der Waals surface area contributed by atoms with E-state index in [4.69, 9.17) is 0 Å². The molecule has 1 heteroatoms. The van der Waals surface area contributed by atoms with Crippen molar-refractivity contribution in [3.8, 4) is 0 Å². The minimum Gasteiger partial charge on any atom is -0.294 e. The Bertz CT molecular complexity index is 494. The lowest BCUT2D eigenvalue weighted by Crippen LogP contribution is -2.09. The molecule has 0 radical (unpaired) electrons. The van der Waals surface area contributed by atoms with Gasteiger partial charge in [0.2, 0.25) is 0 Å². The molecule has 1 aromatic rings. The number of hydrogen-bond acceptors (Lipinski definition) is 1. The predicted molar refractivity (Wildman–Crippen MR) is 85.5 cm³/mol. The average molecular weight is 268 g/mol. The van der Waals surface area contributed by atoms with E-state index in [1.165, 1.54) is 31.3 Å². The van der Waals surface area contributed by atoms with E-state index in [0.29, 0.717) is 12.2 Å². The monoisotopic (exact) mass is 268 g/mol. The van der Waals surface area contributed by atoms with Crippen LogP contribution in [0.2, 0.25) is 0 Å². The van der Waals surface area contributed by atoms with Gasteiger partial charge in [-0.25, -0.2) is 0 Å². The summed E-state index contributed by atoms with van der Waals surface area (Å²) in [4.78, 5) is 12.2. The van der Waals surface area contributed by atoms with Gasteiger partial charge in [-0.1, -0.05) is 62.6 Å². The van der Waals surface area contributed by atoms with Gasteiger partial charge in [0.05, 0.1) is 0 Å². The Kier molecular flexibility index (Phi) is 5.79. The molecular formula is C19H24O. The molecule has 0 spiro atoms. The number of hydrogen-bond donors (Lipinski definition) is 0. The van der Waals surface area contributed by atoms with E-state index >= 15 is 0 Å². The number of Topliss-reactive ketones (excluding diaryl/α,β-unsaturated/α-hetero) is 1. The third-order valence-corrected chi connectivity index (χ3v) is 3.82. The van der Waals surface area contributed by atoms with Gasteiger partial charge >= 0.3 is 0 Å². The number of unbranched alkanes of at least 4 members (excludes halogenated alkanes) is 3. The number of carbonyl (C=O) groups is 1. The molecule has 2 rings (SSSR count). The van der Waals surface area contributed by atoms with Gasteiger partial charge in [-0.15, -0.1) is 0 Å². The number of allylic oxidation sites excluding steroid dienone is 3. The Morgan fingerprint density at radius 3 is 2.65 bits per heavy atom. The predicted octanol–water partition coefficient (Wildman–Crippen LogP) is 5.33. The Labute approximate surface area is 122 Å². The van der Waals surface area contributed by atoms with Gasteiger partial charge in [-0.3, -0.25) is 4.79 Å². The van der Waals surface area contributed by atoms with E-state index < -0.39 is 0 Å². The maximum Gasteiger partial charge on any atom is 0.163 e. The first-order chi connectivity index (χ1) is 9.81. The molecule has 1 aromatic carbocycles. The standard InChI is InChI=1S/C19H24O/c1-2-3-4-8-12-17-13-9-14-19(20)18(17)15-16-10-6-5-7-11-16/h5-7,10-11,13,15H,2-4,8-9,12,14H2,1H3. The third kappa shape index (κ3) is 4.19. The molecule has 0 amide bonds. The van der Waals surface area contributed by atoms with Crippen LogP contribution in [0, 0.1) is 0 Å². The molecule has 0 fully saturated rings. The van der Waals surface area contributed by atoms with E-state index in [2.05, 4.69) is 31.2 Å². The highest BCUT2D eigenvalue weighted by atomic mass is 16.1. The smallest absolute Gasteiger partial charge is 0.163 e. The second-order valence-electron chi connectivity index (χ2n) is 5.47. The maximum absolute atomic E-state index is 12.2. The molecule has 0 N–H and O–H groups in total. The molecule has 1 nitrogen and oxygen atoms in total. The molecule has 0 aliphatic heterocycles. The second kappa shape index (κ2) is 7.84. The van der Waals surface area contributed by atoms with Crippen LogP contribution in [-0.2, 0) is 4.79 Å². The lowest BCUT2D eigenvalue weighted by atomic mass is 9.87. The van der Waals surface area contributed by atoms with Crippen molar-refractivity contribution in [3.05, 3.63) is 53.1 Å². The Morgan fingerprint density at radius 2 is 1.90 bits per heavy atom. The first-order valence-electron chi connectivity index (χ1n) is 7.80. The summed E-state index contributed by atoms with van der Waals surface area (Å²) in [5, 5.41) is 0. The molecule has 0 aromatic heterocycles. The summed E-state index contributed by atoms with van der Waals surface area (Å²) in [5.41, 5.74) is 3.33. The average Bonchev–Trinajstić information content (AvgIpc) is 2.48. The molecular weight excluding hydrogens is 244 g/mol. The van der Waals surface area contributed by atoms with Crippen molar-refractivity contribution in [1.82, 2.24) is 0 Å². The fourth-order valence-corrected chi connectivity index (χ4v) is 2.67. The second-order valence-corrected chi connectivity index (χ2v) is 5.47. The normalized spacial score (nSPS) is 17.4. The fourth-order valence-electron chi connectivity index (χ4n) is 2.67. The lowest BCUT2D eigenvalue weighted by Gasteiger charge is -2.16. The quantitative estimate of drug-likeness (QED) is 0.503. The summed E-state index contributed by atoms with van der Waals surface area (Å²) in [6.07, 6.45) is 12.0. The molecule has 1 aliphatic rings. The van der Waals surface area contributed by atoms with Crippen molar-refractivity contribution >= 4 is 11.9 Å². The van der Waals surface area contributed by atoms with Crippen LogP contribution in [0.5, 0.6) is 0 Å². The van der Waals surface area contributed by atoms with Crippen molar-refractivity contribution in [2.24, 2.45) is 0 Å². The highest BCUT2D eigenvalue weighted by molar-refractivity contribution is 6.04. The van der Waals surface area contributed by atoms with Gasteiger partial charge in [0, 0.05) is 12.0 Å². The van der Waals surface area contributed by atoms with Gasteiger partial charge in [0.1, 0.15) is 0 Å². The molecule has 0 saturated carbocycles. The van der Waals surface area contributed by atoms with E-state index in [-0.39, 0.29) is 0 Å². The summed E-state index contributed by atoms with van der Waals surface area (Å²) >= 11 is 0. The van der Waals surface area contributed by atoms with Crippen LogP contribution in [0.15, 0.2) is 47.6 Å². The van der Waals surface area contributed by atoms with Crippen molar-refractivity contribution in [2.45, 2.75) is 51.9 Å². The molecule has 0 saturated heterocycles. The Balaban J connectivity index is 2.10. The number of ketones is 1. The molecule has 0 unspecified atom stereocenters. The summed E-state index contributed by atoms with van der Waals surface area (Å²) in [5.74, 6) is 0.307. The lowest BCUT2D eigenvalue weighted by molar-refractivity contribution is -0.115. The van der Waals surface area contributed by atoms with Crippen LogP contribution in [0.4, 0.5) is 0 Å². The van der Waals surface area contributed by atoms with Crippen LogP contribution >= 0.6 is 0 Å². The van der Waals surface area contributed by atoms with Crippen molar-refractivity contribution in [1.29, 1.82) is 0 Å². The van der Waals surface area contributed by atoms with E-state index in [1.54, 1.807) is 0 Å². The number of rotatable bonds is 6. The minimum atomic E-state index is 0.307. The van der Waals surface area contributed by atoms with Crippen molar-refractivity contribution < 1.29 is 4.79 Å². The Hall–Kier alpha value is -1.63. The zero-order valence-corrected chi connectivity index (χ0v) is 12.4. The number of benzene rings is 1. The van der Waals surface area contributed by atoms with Crippen LogP contribution in [0.1, 0.15) is 57.4 Å². The van der Waals surface area contributed by atoms with Crippen LogP contribution in [-0.4, -0.2) is 5.78 Å². The van der Waals surface area contributed by atoms with Crippen molar-refractivity contribution in [2.75, 3.05) is 0 Å². The van der Waals surface area contributed by atoms with Crippen LogP contribution in [0.3, 0.4) is 0 Å². The number of carbonyl (C=O) groups excluding carboxylic acids is 1. The fraction of sp³-hybridized carbons (Fsp3) is 0.421. The van der Waals surface area contributed by atoms with Crippen molar-refractivity contribution in [3.63, 3.8) is 0 Å². The van der Waals surface area contributed by atoms with Crippen LogP contribution in [0.25, 0.3) is 6.08 Å². The molecule has 0 atom stereocenters. The van der Waals surface area contributed by atoms with Gasteiger partial charge in [0.25, 0.3) is 0 Å². The van der Waals surface area contributed by atoms with E-state index in [9.17, 15) is 4.79 Å². The largest absolute Gasteiger partial charge is 0.294 e. The zero-order chi connectivity index (χ0) is 14.2. The van der Waals surface area contributed by atoms with E-state index in [0.717, 1.165) is 24.0 Å². The summed E-state index contributed by atoms with van der Waals surface area (Å²) < 4.78 is 0. The van der Waals surface area contributed by atoms with Crippen LogP contribution < -0.4 is 0 Å². The summed E-state index contributed by atoms with van der Waals surface area (Å²) in [6, 6.07) is 10.2. The van der Waals surface area contributed by atoms with Gasteiger partial charge in [-0.2, -0.15) is 0 Å². The highest BCUT2D eigenvalue weighted by Crippen LogP contribution is 2.27. The van der Waals surface area contributed by atoms with Gasteiger partial charge < -0.3 is 0 Å². The van der Waals surface area contributed by atoms with E-state index in [1.807, 2.05) is 18.2 Å². The maximum atomic E-state index is 12.2. The first kappa shape index (κ1) is 14.8. The molecule has 0 heterocycles. The molecule has 1 aliphatic carbocycles.